The van der Waals surface area contributed by atoms with Crippen molar-refractivity contribution in [2.45, 2.75) is 19.8 Å². The van der Waals surface area contributed by atoms with E-state index in [2.05, 4.69) is 15.4 Å². The van der Waals surface area contributed by atoms with E-state index in [1.165, 1.54) is 23.4 Å². The van der Waals surface area contributed by atoms with Crippen molar-refractivity contribution in [3.05, 3.63) is 66.5 Å². The topological polar surface area (TPSA) is 69.0 Å². The lowest BCUT2D eigenvalue weighted by Gasteiger charge is -2.10. The highest BCUT2D eigenvalue weighted by molar-refractivity contribution is 5.90. The lowest BCUT2D eigenvalue weighted by Crippen LogP contribution is -2.13. The minimum Gasteiger partial charge on any atom is -0.493 e. The summed E-state index contributed by atoms with van der Waals surface area (Å²) in [6.45, 7) is 2.41. The number of hydrogen-bond donors (Lipinski definition) is 1. The molecule has 1 N–H and O–H groups in total. The van der Waals surface area contributed by atoms with E-state index in [1.807, 2.05) is 31.2 Å². The van der Waals surface area contributed by atoms with E-state index < -0.39 is 5.82 Å². The van der Waals surface area contributed by atoms with Gasteiger partial charge in [-0.2, -0.15) is 5.10 Å². The van der Waals surface area contributed by atoms with Crippen molar-refractivity contribution in [3.63, 3.8) is 0 Å². The zero-order valence-electron chi connectivity index (χ0n) is 14.4. The number of carbonyl (C=O) groups is 1. The van der Waals surface area contributed by atoms with Crippen molar-refractivity contribution in [1.29, 1.82) is 0 Å². The second kappa shape index (κ2) is 8.24. The number of halogens is 1. The maximum Gasteiger partial charge on any atom is 0.224 e. The summed E-state index contributed by atoms with van der Waals surface area (Å²) in [5.41, 5.74) is 1.73. The molecule has 0 aliphatic heterocycles. The van der Waals surface area contributed by atoms with E-state index in [-0.39, 0.29) is 11.6 Å². The largest absolute Gasteiger partial charge is 0.493 e. The standard InChI is InChI=1S/C19H19FN4O2/c1-14-5-2-3-6-18(14)26-10-4-7-19(25)23-15-8-9-17(16(20)11-15)24-13-21-12-22-24/h2-3,5-6,8-9,11-13H,4,7,10H2,1H3,(H,23,25). The van der Waals surface area contributed by atoms with Crippen LogP contribution >= 0.6 is 0 Å². The van der Waals surface area contributed by atoms with E-state index in [0.717, 1.165) is 11.3 Å². The molecule has 3 rings (SSSR count). The average Bonchev–Trinajstić information content (AvgIpc) is 3.14. The van der Waals surface area contributed by atoms with Crippen LogP contribution in [0.3, 0.4) is 0 Å². The quantitative estimate of drug-likeness (QED) is 0.659. The summed E-state index contributed by atoms with van der Waals surface area (Å²) in [5, 5.41) is 6.57. The van der Waals surface area contributed by atoms with Crippen LogP contribution in [0.5, 0.6) is 5.75 Å². The van der Waals surface area contributed by atoms with Gasteiger partial charge in [0.15, 0.2) is 5.82 Å². The first kappa shape index (κ1) is 17.6. The third-order valence-corrected chi connectivity index (χ3v) is 3.80. The molecule has 1 heterocycles. The van der Waals surface area contributed by atoms with Gasteiger partial charge < -0.3 is 10.1 Å². The molecule has 1 amide bonds. The van der Waals surface area contributed by atoms with Crippen molar-refractivity contribution in [2.24, 2.45) is 0 Å². The summed E-state index contributed by atoms with van der Waals surface area (Å²) in [5.74, 6) is 0.140. The summed E-state index contributed by atoms with van der Waals surface area (Å²) >= 11 is 0. The third-order valence-electron chi connectivity index (χ3n) is 3.80. The molecule has 0 unspecified atom stereocenters. The second-order valence-corrected chi connectivity index (χ2v) is 5.77. The van der Waals surface area contributed by atoms with Gasteiger partial charge in [-0.25, -0.2) is 14.1 Å². The fraction of sp³-hybridized carbons (Fsp3) is 0.211. The number of nitrogens with zero attached hydrogens (tertiary/aromatic N) is 3. The van der Waals surface area contributed by atoms with E-state index in [0.29, 0.717) is 25.1 Å². The molecule has 2 aromatic carbocycles. The van der Waals surface area contributed by atoms with Crippen LogP contribution in [-0.2, 0) is 4.79 Å². The van der Waals surface area contributed by atoms with E-state index in [9.17, 15) is 9.18 Å². The Morgan fingerprint density at radius 1 is 1.27 bits per heavy atom. The predicted molar refractivity (Wildman–Crippen MR) is 95.9 cm³/mol. The van der Waals surface area contributed by atoms with Crippen LogP contribution in [0.15, 0.2) is 55.1 Å². The predicted octanol–water partition coefficient (Wildman–Crippen LogP) is 3.51. The molecule has 0 radical (unpaired) electrons. The van der Waals surface area contributed by atoms with Gasteiger partial charge in [0.2, 0.25) is 5.91 Å². The van der Waals surface area contributed by atoms with Crippen LogP contribution in [0.1, 0.15) is 18.4 Å². The fourth-order valence-corrected chi connectivity index (χ4v) is 2.46. The van der Waals surface area contributed by atoms with Crippen LogP contribution in [0.4, 0.5) is 10.1 Å². The molecule has 0 bridgehead atoms. The molecule has 0 aliphatic rings. The van der Waals surface area contributed by atoms with Gasteiger partial charge in [-0.05, 0) is 43.2 Å². The Kier molecular flexibility index (Phi) is 5.58. The summed E-state index contributed by atoms with van der Waals surface area (Å²) < 4.78 is 21.1. The number of benzene rings is 2. The molecule has 0 aliphatic carbocycles. The van der Waals surface area contributed by atoms with Gasteiger partial charge in [0.25, 0.3) is 0 Å². The number of aryl methyl sites for hydroxylation is 1. The normalized spacial score (nSPS) is 10.5. The Hall–Kier alpha value is -3.22. The number of carbonyl (C=O) groups excluding carboxylic acids is 1. The van der Waals surface area contributed by atoms with Gasteiger partial charge in [0.05, 0.1) is 6.61 Å². The van der Waals surface area contributed by atoms with Crippen LogP contribution in [0.25, 0.3) is 5.69 Å². The monoisotopic (exact) mass is 354 g/mol. The highest BCUT2D eigenvalue weighted by atomic mass is 19.1. The van der Waals surface area contributed by atoms with Gasteiger partial charge >= 0.3 is 0 Å². The number of hydrogen-bond acceptors (Lipinski definition) is 4. The Morgan fingerprint density at radius 3 is 2.85 bits per heavy atom. The Balaban J connectivity index is 1.48. The molecule has 7 heteroatoms. The molecule has 0 saturated carbocycles. The Morgan fingerprint density at radius 2 is 2.12 bits per heavy atom. The molecule has 0 saturated heterocycles. The number of nitrogens with one attached hydrogen (secondary N) is 1. The van der Waals surface area contributed by atoms with Gasteiger partial charge in [0.1, 0.15) is 24.1 Å². The van der Waals surface area contributed by atoms with Crippen molar-refractivity contribution in [3.8, 4) is 11.4 Å². The molecular formula is C19H19FN4O2. The molecule has 0 atom stereocenters. The van der Waals surface area contributed by atoms with Crippen molar-refractivity contribution in [2.75, 3.05) is 11.9 Å². The minimum atomic E-state index is -0.490. The molecule has 26 heavy (non-hydrogen) atoms. The first-order valence-corrected chi connectivity index (χ1v) is 8.26. The molecule has 3 aromatic rings. The Bertz CT molecular complexity index is 881. The SMILES string of the molecule is Cc1ccccc1OCCCC(=O)Nc1ccc(-n2cncn2)c(F)c1. The second-order valence-electron chi connectivity index (χ2n) is 5.77. The summed E-state index contributed by atoms with van der Waals surface area (Å²) in [6.07, 6.45) is 3.59. The van der Waals surface area contributed by atoms with Gasteiger partial charge in [-0.1, -0.05) is 18.2 Å². The van der Waals surface area contributed by atoms with Gasteiger partial charge in [-0.3, -0.25) is 4.79 Å². The lowest BCUT2D eigenvalue weighted by atomic mass is 10.2. The molecule has 1 aromatic heterocycles. The van der Waals surface area contributed by atoms with Crippen LogP contribution in [-0.4, -0.2) is 27.3 Å². The van der Waals surface area contributed by atoms with Crippen LogP contribution in [0, 0.1) is 12.7 Å². The highest BCUT2D eigenvalue weighted by Gasteiger charge is 2.09. The molecule has 0 spiro atoms. The van der Waals surface area contributed by atoms with Gasteiger partial charge in [0, 0.05) is 12.1 Å². The van der Waals surface area contributed by atoms with Crippen molar-refractivity contribution < 1.29 is 13.9 Å². The number of aromatic nitrogens is 3. The maximum absolute atomic E-state index is 14.1. The third kappa shape index (κ3) is 4.44. The minimum absolute atomic E-state index is 0.189. The lowest BCUT2D eigenvalue weighted by molar-refractivity contribution is -0.116. The van der Waals surface area contributed by atoms with Gasteiger partial charge in [-0.15, -0.1) is 0 Å². The van der Waals surface area contributed by atoms with Crippen LogP contribution in [0.2, 0.25) is 0 Å². The molecule has 134 valence electrons. The molecule has 6 nitrogen and oxygen atoms in total. The molecular weight excluding hydrogens is 335 g/mol. The summed E-state index contributed by atoms with van der Waals surface area (Å²) in [6, 6.07) is 12.2. The van der Waals surface area contributed by atoms with E-state index in [4.69, 9.17) is 4.74 Å². The maximum atomic E-state index is 14.1. The highest BCUT2D eigenvalue weighted by Crippen LogP contribution is 2.18. The first-order chi connectivity index (χ1) is 12.6. The van der Waals surface area contributed by atoms with Crippen LogP contribution < -0.4 is 10.1 Å². The number of rotatable bonds is 7. The zero-order chi connectivity index (χ0) is 18.4. The fourth-order valence-electron chi connectivity index (χ4n) is 2.46. The number of ether oxygens (including phenoxy) is 1. The number of anilines is 1. The van der Waals surface area contributed by atoms with Crippen molar-refractivity contribution in [1.82, 2.24) is 14.8 Å². The van der Waals surface area contributed by atoms with E-state index >= 15 is 0 Å². The zero-order valence-corrected chi connectivity index (χ0v) is 14.4. The smallest absolute Gasteiger partial charge is 0.224 e. The molecule has 0 fully saturated rings. The number of para-hydroxylation sites is 1. The summed E-state index contributed by atoms with van der Waals surface area (Å²) in [7, 11) is 0. The average molecular weight is 354 g/mol. The van der Waals surface area contributed by atoms with Crippen molar-refractivity contribution >= 4 is 11.6 Å². The first-order valence-electron chi connectivity index (χ1n) is 8.26. The Labute approximate surface area is 150 Å². The summed E-state index contributed by atoms with van der Waals surface area (Å²) in [4.78, 5) is 15.8. The van der Waals surface area contributed by atoms with E-state index in [1.54, 1.807) is 12.1 Å². The number of amides is 1.